The van der Waals surface area contributed by atoms with Crippen LogP contribution >= 0.6 is 24.0 Å². The lowest BCUT2D eigenvalue weighted by molar-refractivity contribution is -0.181. The molecule has 3 rings (SSSR count). The maximum Gasteiger partial charge on any atom is 0.205 e. The third-order valence-electron chi connectivity index (χ3n) is 3.74. The van der Waals surface area contributed by atoms with Crippen molar-refractivity contribution in [2.75, 3.05) is 0 Å². The van der Waals surface area contributed by atoms with Gasteiger partial charge in [0.1, 0.15) is 11.9 Å². The van der Waals surface area contributed by atoms with Gasteiger partial charge in [-0.15, -0.1) is 12.4 Å². The molecule has 124 valence electrons. The molecule has 0 saturated carbocycles. The van der Waals surface area contributed by atoms with E-state index in [9.17, 15) is 5.11 Å². The number of halogens is 2. The predicted molar refractivity (Wildman–Crippen MR) is 91.2 cm³/mol. The molecule has 1 atom stereocenters. The number of pyridine rings is 1. The minimum atomic E-state index is -0.799. The first-order valence-electron chi connectivity index (χ1n) is 7.12. The topological polar surface area (TPSA) is 51.6 Å². The highest BCUT2D eigenvalue weighted by Crippen LogP contribution is 2.38. The average Bonchev–Trinajstić information content (AvgIpc) is 2.48. The van der Waals surface area contributed by atoms with Crippen molar-refractivity contribution in [1.29, 1.82) is 0 Å². The molecule has 1 aliphatic rings. The summed E-state index contributed by atoms with van der Waals surface area (Å²) in [5, 5.41) is 11.3. The van der Waals surface area contributed by atoms with Gasteiger partial charge in [-0.1, -0.05) is 23.7 Å². The summed E-state index contributed by atoms with van der Waals surface area (Å²) in [5.41, 5.74) is 3.08. The fraction of sp³-hybridized carbons (Fsp3) is 0.353. The minimum Gasteiger partial charge on any atom is -0.461 e. The van der Waals surface area contributed by atoms with Crippen LogP contribution in [0.2, 0.25) is 5.02 Å². The predicted octanol–water partition coefficient (Wildman–Crippen LogP) is 4.19. The number of aromatic nitrogens is 1. The average molecular weight is 356 g/mol. The standard InChI is InChI=1S/C17H18ClNO3.ClH/c1-10-16-14(9-21-17(2,3)22-16)13(8-19-10)15(20)11-4-6-12(18)7-5-11;/h4-8,15,20H,9H2,1-3H3;1H. The van der Waals surface area contributed by atoms with Crippen LogP contribution in [-0.2, 0) is 11.3 Å². The second-order valence-corrected chi connectivity index (χ2v) is 6.29. The first kappa shape index (κ1) is 18.0. The van der Waals surface area contributed by atoms with Crippen LogP contribution in [0.1, 0.15) is 42.3 Å². The van der Waals surface area contributed by atoms with Gasteiger partial charge < -0.3 is 14.6 Å². The number of ether oxygens (including phenoxy) is 2. The van der Waals surface area contributed by atoms with E-state index < -0.39 is 11.9 Å². The number of hydrogen-bond donors (Lipinski definition) is 1. The van der Waals surface area contributed by atoms with Crippen LogP contribution in [0.3, 0.4) is 0 Å². The summed E-state index contributed by atoms with van der Waals surface area (Å²) in [6.07, 6.45) is 0.880. The van der Waals surface area contributed by atoms with Gasteiger partial charge in [0.15, 0.2) is 0 Å². The molecule has 23 heavy (non-hydrogen) atoms. The summed E-state index contributed by atoms with van der Waals surface area (Å²) >= 11 is 5.90. The zero-order valence-electron chi connectivity index (χ0n) is 13.2. The third-order valence-corrected chi connectivity index (χ3v) is 3.99. The van der Waals surface area contributed by atoms with E-state index in [1.54, 1.807) is 30.5 Å². The summed E-state index contributed by atoms with van der Waals surface area (Å²) in [6.45, 7) is 5.99. The van der Waals surface area contributed by atoms with Crippen LogP contribution < -0.4 is 4.74 Å². The van der Waals surface area contributed by atoms with Gasteiger partial charge in [-0.05, 0) is 24.6 Å². The number of nitrogens with zero attached hydrogens (tertiary/aromatic N) is 1. The monoisotopic (exact) mass is 355 g/mol. The first-order chi connectivity index (χ1) is 10.4. The van der Waals surface area contributed by atoms with Gasteiger partial charge in [0.2, 0.25) is 5.79 Å². The highest BCUT2D eigenvalue weighted by atomic mass is 35.5. The molecule has 0 radical (unpaired) electrons. The Labute approximate surface area is 146 Å². The Kier molecular flexibility index (Phi) is 5.21. The molecule has 1 unspecified atom stereocenters. The largest absolute Gasteiger partial charge is 0.461 e. The molecule has 4 nitrogen and oxygen atoms in total. The molecule has 6 heteroatoms. The van der Waals surface area contributed by atoms with E-state index in [4.69, 9.17) is 21.1 Å². The fourth-order valence-corrected chi connectivity index (χ4v) is 2.64. The summed E-state index contributed by atoms with van der Waals surface area (Å²) in [7, 11) is 0. The molecule has 1 aliphatic heterocycles. The van der Waals surface area contributed by atoms with Gasteiger partial charge in [-0.25, -0.2) is 0 Å². The van der Waals surface area contributed by atoms with E-state index in [1.807, 2.05) is 20.8 Å². The van der Waals surface area contributed by atoms with Crippen LogP contribution in [0.4, 0.5) is 0 Å². The van der Waals surface area contributed by atoms with Crippen LogP contribution in [0.5, 0.6) is 5.75 Å². The molecule has 0 fully saturated rings. The second-order valence-electron chi connectivity index (χ2n) is 5.85. The molecule has 1 N–H and O–H groups in total. The van der Waals surface area contributed by atoms with E-state index in [-0.39, 0.29) is 12.4 Å². The maximum atomic E-state index is 10.7. The van der Waals surface area contributed by atoms with Gasteiger partial charge in [0.05, 0.1) is 12.3 Å². The van der Waals surface area contributed by atoms with Crippen LogP contribution in [0, 0.1) is 6.92 Å². The summed E-state index contributed by atoms with van der Waals surface area (Å²) < 4.78 is 11.6. The number of aryl methyl sites for hydroxylation is 1. The molecule has 0 aliphatic carbocycles. The van der Waals surface area contributed by atoms with Crippen molar-refractivity contribution >= 4 is 24.0 Å². The Morgan fingerprint density at radius 3 is 2.57 bits per heavy atom. The summed E-state index contributed by atoms with van der Waals surface area (Å²) in [5.74, 6) is 0.00489. The van der Waals surface area contributed by atoms with Crippen molar-refractivity contribution in [2.45, 2.75) is 39.3 Å². The SMILES string of the molecule is Cc1ncc(C(O)c2ccc(Cl)cc2)c2c1OC(C)(C)OC2.Cl. The molecule has 0 amide bonds. The Hall–Kier alpha value is -1.33. The Morgan fingerprint density at radius 2 is 1.91 bits per heavy atom. The van der Waals surface area contributed by atoms with Crippen molar-refractivity contribution in [3.63, 3.8) is 0 Å². The summed E-state index contributed by atoms with van der Waals surface area (Å²) in [4.78, 5) is 4.36. The van der Waals surface area contributed by atoms with Crippen LogP contribution in [-0.4, -0.2) is 15.9 Å². The first-order valence-corrected chi connectivity index (χ1v) is 7.50. The Balaban J connectivity index is 0.00000192. The third kappa shape index (κ3) is 3.61. The molecule has 0 saturated heterocycles. The van der Waals surface area contributed by atoms with Gasteiger partial charge in [0.25, 0.3) is 0 Å². The highest BCUT2D eigenvalue weighted by molar-refractivity contribution is 6.30. The second kappa shape index (κ2) is 6.65. The molecule has 2 heterocycles. The number of aliphatic hydroxyl groups excluding tert-OH is 1. The molecule has 0 bridgehead atoms. The Bertz CT molecular complexity index is 702. The molecule has 2 aromatic rings. The zero-order chi connectivity index (χ0) is 15.9. The van der Waals surface area contributed by atoms with Crippen molar-refractivity contribution in [2.24, 2.45) is 0 Å². The molecular weight excluding hydrogens is 337 g/mol. The highest BCUT2D eigenvalue weighted by Gasteiger charge is 2.32. The number of hydrogen-bond acceptors (Lipinski definition) is 4. The van der Waals surface area contributed by atoms with Crippen molar-refractivity contribution in [3.05, 3.63) is 57.9 Å². The maximum absolute atomic E-state index is 10.7. The molecular formula is C17H19Cl2NO3. The van der Waals surface area contributed by atoms with Crippen LogP contribution in [0.25, 0.3) is 0 Å². The number of fused-ring (bicyclic) bond motifs is 1. The smallest absolute Gasteiger partial charge is 0.205 e. The van der Waals surface area contributed by atoms with Gasteiger partial charge in [-0.2, -0.15) is 0 Å². The lowest BCUT2D eigenvalue weighted by Gasteiger charge is -2.34. The van der Waals surface area contributed by atoms with E-state index in [0.29, 0.717) is 22.9 Å². The van der Waals surface area contributed by atoms with E-state index in [2.05, 4.69) is 4.98 Å². The molecule has 0 spiro atoms. The lowest BCUT2D eigenvalue weighted by Crippen LogP contribution is -2.36. The normalized spacial score (nSPS) is 16.7. The number of rotatable bonds is 2. The quantitative estimate of drug-likeness (QED) is 0.877. The fourth-order valence-electron chi connectivity index (χ4n) is 2.52. The summed E-state index contributed by atoms with van der Waals surface area (Å²) in [6, 6.07) is 7.11. The zero-order valence-corrected chi connectivity index (χ0v) is 14.7. The van der Waals surface area contributed by atoms with Crippen molar-refractivity contribution in [3.8, 4) is 5.75 Å². The van der Waals surface area contributed by atoms with E-state index in [0.717, 1.165) is 16.8 Å². The van der Waals surface area contributed by atoms with Crippen LogP contribution in [0.15, 0.2) is 30.5 Å². The van der Waals surface area contributed by atoms with Gasteiger partial charge in [-0.3, -0.25) is 4.98 Å². The number of aliphatic hydroxyl groups is 1. The lowest BCUT2D eigenvalue weighted by atomic mass is 9.97. The van der Waals surface area contributed by atoms with Gasteiger partial charge >= 0.3 is 0 Å². The minimum absolute atomic E-state index is 0. The Morgan fingerprint density at radius 1 is 1.26 bits per heavy atom. The molecule has 1 aromatic heterocycles. The van der Waals surface area contributed by atoms with Crippen molar-refractivity contribution < 1.29 is 14.6 Å². The van der Waals surface area contributed by atoms with Crippen molar-refractivity contribution in [1.82, 2.24) is 4.98 Å². The van der Waals surface area contributed by atoms with E-state index >= 15 is 0 Å². The number of benzene rings is 1. The van der Waals surface area contributed by atoms with Gasteiger partial charge in [0, 0.05) is 36.2 Å². The van der Waals surface area contributed by atoms with E-state index in [1.165, 1.54) is 0 Å². The molecule has 1 aromatic carbocycles.